The Hall–Kier alpha value is -3.33. The standard InChI is InChI=1S/C15H9ClN4O5/c16-9-5-6-11(13(7-9)20(23)24)15(22)25-8-19-14(21)10-3-1-2-4-12(10)17-18-19/h1-7H,8H2. The first kappa shape index (κ1) is 16.5. The number of aromatic nitrogens is 3. The number of nitro groups is 1. The molecule has 126 valence electrons. The fraction of sp³-hybridized carbons (Fsp3) is 0.0667. The van der Waals surface area contributed by atoms with Crippen molar-refractivity contribution in [3.63, 3.8) is 0 Å². The first-order valence-electron chi connectivity index (χ1n) is 6.91. The molecule has 0 aliphatic heterocycles. The van der Waals surface area contributed by atoms with Crippen molar-refractivity contribution in [3.8, 4) is 0 Å². The Kier molecular flexibility index (Phi) is 4.40. The molecule has 0 bridgehead atoms. The summed E-state index contributed by atoms with van der Waals surface area (Å²) in [5.41, 5.74) is -0.863. The highest BCUT2D eigenvalue weighted by Gasteiger charge is 2.22. The summed E-state index contributed by atoms with van der Waals surface area (Å²) in [6.07, 6.45) is 0. The third-order valence-electron chi connectivity index (χ3n) is 3.32. The number of carbonyl (C=O) groups excluding carboxylic acids is 1. The summed E-state index contributed by atoms with van der Waals surface area (Å²) < 4.78 is 5.80. The van der Waals surface area contributed by atoms with Crippen LogP contribution in [0.5, 0.6) is 0 Å². The molecule has 0 radical (unpaired) electrons. The van der Waals surface area contributed by atoms with E-state index < -0.39 is 28.9 Å². The first-order chi connectivity index (χ1) is 12.0. The van der Waals surface area contributed by atoms with Crippen molar-refractivity contribution in [1.29, 1.82) is 0 Å². The number of halogens is 1. The summed E-state index contributed by atoms with van der Waals surface area (Å²) in [4.78, 5) is 34.6. The Morgan fingerprint density at radius 3 is 2.80 bits per heavy atom. The Morgan fingerprint density at radius 2 is 2.04 bits per heavy atom. The monoisotopic (exact) mass is 360 g/mol. The van der Waals surface area contributed by atoms with Gasteiger partial charge in [-0.25, -0.2) is 4.79 Å². The van der Waals surface area contributed by atoms with Crippen LogP contribution in [0, 0.1) is 10.1 Å². The van der Waals surface area contributed by atoms with E-state index in [-0.39, 0.29) is 10.6 Å². The maximum absolute atomic E-state index is 12.2. The van der Waals surface area contributed by atoms with Gasteiger partial charge >= 0.3 is 5.97 Å². The van der Waals surface area contributed by atoms with Crippen LogP contribution in [0.15, 0.2) is 47.3 Å². The highest BCUT2D eigenvalue weighted by Crippen LogP contribution is 2.23. The van der Waals surface area contributed by atoms with E-state index in [4.69, 9.17) is 16.3 Å². The summed E-state index contributed by atoms with van der Waals surface area (Å²) in [5, 5.41) is 18.9. The molecule has 1 aromatic heterocycles. The van der Waals surface area contributed by atoms with Gasteiger partial charge in [0, 0.05) is 11.1 Å². The fourth-order valence-electron chi connectivity index (χ4n) is 2.13. The number of hydrogen-bond donors (Lipinski definition) is 0. The van der Waals surface area contributed by atoms with Crippen LogP contribution in [-0.4, -0.2) is 25.9 Å². The minimum atomic E-state index is -0.981. The number of rotatable bonds is 4. The van der Waals surface area contributed by atoms with Gasteiger partial charge in [-0.1, -0.05) is 28.9 Å². The summed E-state index contributed by atoms with van der Waals surface area (Å²) in [5.74, 6) is -0.981. The number of carbonyl (C=O) groups is 1. The van der Waals surface area contributed by atoms with Crippen LogP contribution in [0.4, 0.5) is 5.69 Å². The van der Waals surface area contributed by atoms with Gasteiger partial charge in [0.15, 0.2) is 6.73 Å². The molecule has 0 saturated carbocycles. The molecule has 0 unspecified atom stereocenters. The predicted molar refractivity (Wildman–Crippen MR) is 87.3 cm³/mol. The van der Waals surface area contributed by atoms with Gasteiger partial charge in [0.1, 0.15) is 11.1 Å². The quantitative estimate of drug-likeness (QED) is 0.397. The molecule has 1 heterocycles. The molecular weight excluding hydrogens is 352 g/mol. The van der Waals surface area contributed by atoms with E-state index in [2.05, 4.69) is 10.3 Å². The van der Waals surface area contributed by atoms with E-state index in [1.807, 2.05) is 0 Å². The van der Waals surface area contributed by atoms with Crippen LogP contribution >= 0.6 is 11.6 Å². The maximum atomic E-state index is 12.2. The second-order valence-corrected chi connectivity index (χ2v) is 5.33. The molecule has 0 N–H and O–H groups in total. The molecule has 0 atom stereocenters. The van der Waals surface area contributed by atoms with Crippen molar-refractivity contribution in [2.45, 2.75) is 6.73 Å². The molecule has 0 spiro atoms. The van der Waals surface area contributed by atoms with Crippen LogP contribution in [0.25, 0.3) is 10.9 Å². The lowest BCUT2D eigenvalue weighted by Crippen LogP contribution is -2.26. The second-order valence-electron chi connectivity index (χ2n) is 4.89. The smallest absolute Gasteiger partial charge is 0.346 e. The molecule has 25 heavy (non-hydrogen) atoms. The van der Waals surface area contributed by atoms with Gasteiger partial charge in [-0.05, 0) is 24.3 Å². The zero-order chi connectivity index (χ0) is 18.0. The normalized spacial score (nSPS) is 10.6. The van der Waals surface area contributed by atoms with Crippen molar-refractivity contribution >= 4 is 34.2 Å². The predicted octanol–water partition coefficient (Wildman–Crippen LogP) is 2.17. The topological polar surface area (TPSA) is 117 Å². The SMILES string of the molecule is O=C(OCn1nnc2ccccc2c1=O)c1ccc(Cl)cc1[N+](=O)[O-]. The van der Waals surface area contributed by atoms with E-state index in [0.717, 1.165) is 10.7 Å². The van der Waals surface area contributed by atoms with Gasteiger partial charge in [0.25, 0.3) is 11.2 Å². The number of ether oxygens (including phenoxy) is 1. The number of esters is 1. The fourth-order valence-corrected chi connectivity index (χ4v) is 2.30. The lowest BCUT2D eigenvalue weighted by Gasteiger charge is -2.07. The van der Waals surface area contributed by atoms with Gasteiger partial charge in [-0.15, -0.1) is 5.10 Å². The Morgan fingerprint density at radius 1 is 1.28 bits per heavy atom. The second kappa shape index (κ2) is 6.65. The Balaban J connectivity index is 1.85. The van der Waals surface area contributed by atoms with Crippen molar-refractivity contribution in [1.82, 2.24) is 15.0 Å². The molecule has 0 fully saturated rings. The number of benzene rings is 2. The van der Waals surface area contributed by atoms with E-state index in [1.165, 1.54) is 12.1 Å². The molecule has 9 nitrogen and oxygen atoms in total. The molecule has 3 aromatic rings. The number of hydrogen-bond acceptors (Lipinski definition) is 7. The zero-order valence-corrected chi connectivity index (χ0v) is 13.2. The molecule has 0 aliphatic carbocycles. The highest BCUT2D eigenvalue weighted by atomic mass is 35.5. The summed E-state index contributed by atoms with van der Waals surface area (Å²) in [6.45, 7) is -0.532. The zero-order valence-electron chi connectivity index (χ0n) is 12.5. The molecule has 0 amide bonds. The minimum Gasteiger partial charge on any atom is -0.438 e. The van der Waals surface area contributed by atoms with Gasteiger partial charge in [-0.2, -0.15) is 4.68 Å². The largest absolute Gasteiger partial charge is 0.438 e. The van der Waals surface area contributed by atoms with Crippen molar-refractivity contribution in [3.05, 3.63) is 73.5 Å². The maximum Gasteiger partial charge on any atom is 0.346 e. The Labute approximate surface area is 144 Å². The van der Waals surface area contributed by atoms with E-state index in [1.54, 1.807) is 24.3 Å². The van der Waals surface area contributed by atoms with Crippen molar-refractivity contribution in [2.24, 2.45) is 0 Å². The molecule has 2 aromatic carbocycles. The van der Waals surface area contributed by atoms with Gasteiger partial charge < -0.3 is 4.74 Å². The van der Waals surface area contributed by atoms with E-state index >= 15 is 0 Å². The molecule has 0 saturated heterocycles. The third-order valence-corrected chi connectivity index (χ3v) is 3.56. The number of fused-ring (bicyclic) bond motifs is 1. The summed E-state index contributed by atoms with van der Waals surface area (Å²) in [6, 6.07) is 10.1. The average molecular weight is 361 g/mol. The Bertz CT molecular complexity index is 1050. The third kappa shape index (κ3) is 3.31. The number of nitrogens with zero attached hydrogens (tertiary/aromatic N) is 4. The number of nitro benzene ring substituents is 1. The summed E-state index contributed by atoms with van der Waals surface area (Å²) >= 11 is 5.69. The van der Waals surface area contributed by atoms with Crippen molar-refractivity contribution in [2.75, 3.05) is 0 Å². The summed E-state index contributed by atoms with van der Waals surface area (Å²) in [7, 11) is 0. The molecule has 3 rings (SSSR count). The first-order valence-corrected chi connectivity index (χ1v) is 7.29. The van der Waals surface area contributed by atoms with Crippen LogP contribution in [-0.2, 0) is 11.5 Å². The highest BCUT2D eigenvalue weighted by molar-refractivity contribution is 6.31. The van der Waals surface area contributed by atoms with E-state index in [0.29, 0.717) is 10.9 Å². The van der Waals surface area contributed by atoms with Gasteiger partial charge in [0.2, 0.25) is 0 Å². The van der Waals surface area contributed by atoms with Gasteiger partial charge in [0.05, 0.1) is 10.3 Å². The lowest BCUT2D eigenvalue weighted by atomic mass is 10.2. The average Bonchev–Trinajstić information content (AvgIpc) is 2.61. The molecular formula is C15H9ClN4O5. The van der Waals surface area contributed by atoms with Gasteiger partial charge in [-0.3, -0.25) is 14.9 Å². The van der Waals surface area contributed by atoms with Crippen molar-refractivity contribution < 1.29 is 14.5 Å². The minimum absolute atomic E-state index is 0.111. The van der Waals surface area contributed by atoms with Crippen LogP contribution in [0.3, 0.4) is 0 Å². The van der Waals surface area contributed by atoms with E-state index in [9.17, 15) is 19.7 Å². The molecule has 10 heteroatoms. The van der Waals surface area contributed by atoms with Crippen LogP contribution in [0.2, 0.25) is 5.02 Å². The van der Waals surface area contributed by atoms with Crippen LogP contribution in [0.1, 0.15) is 10.4 Å². The van der Waals surface area contributed by atoms with Crippen LogP contribution < -0.4 is 5.56 Å². The molecule has 0 aliphatic rings. The lowest BCUT2D eigenvalue weighted by molar-refractivity contribution is -0.385.